The van der Waals surface area contributed by atoms with Crippen LogP contribution in [0.5, 0.6) is 0 Å². The Hall–Kier alpha value is -3.68. The predicted molar refractivity (Wildman–Crippen MR) is 158 cm³/mol. The second-order valence-electron chi connectivity index (χ2n) is 10.0. The number of aromatic nitrogens is 3. The number of aryl methyl sites for hydroxylation is 1. The average molecular weight is 578 g/mol. The van der Waals surface area contributed by atoms with Gasteiger partial charge in [0.1, 0.15) is 0 Å². The number of carboxylic acid groups (broad SMARTS) is 1. The fraction of sp³-hybridized carbons (Fsp3) is 0.290. The smallest absolute Gasteiger partial charge is 0.346 e. The van der Waals surface area contributed by atoms with Crippen LogP contribution in [-0.4, -0.2) is 31.1 Å². The molecule has 1 N–H and O–H groups in total. The van der Waals surface area contributed by atoms with Crippen LogP contribution in [0.3, 0.4) is 0 Å². The average Bonchev–Trinajstić information content (AvgIpc) is 3.47. The van der Waals surface area contributed by atoms with Gasteiger partial charge in [0.15, 0.2) is 5.82 Å². The molecule has 1 aliphatic rings. The van der Waals surface area contributed by atoms with E-state index >= 15 is 0 Å². The van der Waals surface area contributed by atoms with E-state index in [1.807, 2.05) is 36.4 Å². The summed E-state index contributed by atoms with van der Waals surface area (Å²) in [5.41, 5.74) is 4.65. The third-order valence-corrected chi connectivity index (χ3v) is 8.21. The number of halogens is 2. The third-order valence-electron chi connectivity index (χ3n) is 7.70. The fourth-order valence-electron chi connectivity index (χ4n) is 5.65. The van der Waals surface area contributed by atoms with Gasteiger partial charge in [0.2, 0.25) is 0 Å². The predicted octanol–water partition coefficient (Wildman–Crippen LogP) is 6.16. The van der Waals surface area contributed by atoms with Crippen LogP contribution in [0.25, 0.3) is 0 Å². The van der Waals surface area contributed by atoms with Crippen LogP contribution in [0, 0.1) is 0 Å². The van der Waals surface area contributed by atoms with Crippen LogP contribution < -0.4 is 5.69 Å². The Labute approximate surface area is 242 Å². The maximum Gasteiger partial charge on any atom is 0.346 e. The van der Waals surface area contributed by atoms with Crippen molar-refractivity contribution in [3.05, 3.63) is 121 Å². The first kappa shape index (κ1) is 27.9. The minimum Gasteiger partial charge on any atom is -0.481 e. The van der Waals surface area contributed by atoms with E-state index in [1.165, 1.54) is 20.4 Å². The lowest BCUT2D eigenvalue weighted by Gasteiger charge is -2.32. The van der Waals surface area contributed by atoms with E-state index in [4.69, 9.17) is 28.2 Å². The molecule has 1 aromatic heterocycles. The summed E-state index contributed by atoms with van der Waals surface area (Å²) in [5, 5.41) is 15.2. The zero-order chi connectivity index (χ0) is 28.3. The Kier molecular flexibility index (Phi) is 8.24. The third kappa shape index (κ3) is 5.62. The van der Waals surface area contributed by atoms with Gasteiger partial charge in [-0.05, 0) is 65.8 Å². The highest BCUT2D eigenvalue weighted by molar-refractivity contribution is 6.31. The fourth-order valence-corrected chi connectivity index (χ4v) is 5.90. The van der Waals surface area contributed by atoms with Gasteiger partial charge in [-0.25, -0.2) is 9.48 Å². The Morgan fingerprint density at radius 3 is 2.38 bits per heavy atom. The second-order valence-corrected chi connectivity index (χ2v) is 10.9. The van der Waals surface area contributed by atoms with Gasteiger partial charge in [-0.2, -0.15) is 5.10 Å². The molecule has 0 amide bonds. The van der Waals surface area contributed by atoms with E-state index in [1.54, 1.807) is 12.1 Å². The molecule has 0 radical (unpaired) electrons. The molecule has 1 heterocycles. The first-order chi connectivity index (χ1) is 19.3. The van der Waals surface area contributed by atoms with Crippen molar-refractivity contribution in [2.75, 3.05) is 0 Å². The largest absolute Gasteiger partial charge is 0.481 e. The highest BCUT2D eigenvalue weighted by Crippen LogP contribution is 2.44. The molecular formula is C31H30Cl2N4O3. The summed E-state index contributed by atoms with van der Waals surface area (Å²) in [6.07, 6.45) is 2.53. The summed E-state index contributed by atoms with van der Waals surface area (Å²) in [5.74, 6) is -0.564. The van der Waals surface area contributed by atoms with Crippen LogP contribution in [-0.2, 0) is 36.3 Å². The van der Waals surface area contributed by atoms with E-state index in [9.17, 15) is 14.7 Å². The van der Waals surface area contributed by atoms with Crippen LogP contribution in [0.15, 0.2) is 82.6 Å². The lowest BCUT2D eigenvalue weighted by Crippen LogP contribution is -2.34. The van der Waals surface area contributed by atoms with Crippen molar-refractivity contribution >= 4 is 34.9 Å². The molecule has 7 nitrogen and oxygen atoms in total. The van der Waals surface area contributed by atoms with Crippen molar-refractivity contribution < 1.29 is 9.90 Å². The van der Waals surface area contributed by atoms with Crippen molar-refractivity contribution in [1.82, 2.24) is 14.3 Å². The number of carbonyl (C=O) groups is 1. The first-order valence-electron chi connectivity index (χ1n) is 13.3. The van der Waals surface area contributed by atoms with Gasteiger partial charge in [-0.15, -0.1) is 0 Å². The minimum atomic E-state index is -0.985. The molecule has 3 aromatic carbocycles. The molecule has 0 spiro atoms. The minimum absolute atomic E-state index is 0.0116. The van der Waals surface area contributed by atoms with E-state index in [2.05, 4.69) is 36.3 Å². The molecule has 9 heteroatoms. The lowest BCUT2D eigenvalue weighted by molar-refractivity contribution is -0.137. The Bertz CT molecular complexity index is 1610. The van der Waals surface area contributed by atoms with Gasteiger partial charge >= 0.3 is 11.7 Å². The molecule has 0 aliphatic heterocycles. The molecular weight excluding hydrogens is 547 g/mol. The quantitative estimate of drug-likeness (QED) is 0.229. The summed E-state index contributed by atoms with van der Waals surface area (Å²) in [6, 6.07) is 23.4. The number of aliphatic imine (C=N–C) groups is 1. The summed E-state index contributed by atoms with van der Waals surface area (Å²) in [4.78, 5) is 29.9. The molecule has 0 bridgehead atoms. The molecule has 0 unspecified atom stereocenters. The van der Waals surface area contributed by atoms with Gasteiger partial charge in [0, 0.05) is 22.0 Å². The number of nitrogens with zero attached hydrogens (tertiary/aromatic N) is 4. The lowest BCUT2D eigenvalue weighted by atomic mass is 9.72. The summed E-state index contributed by atoms with van der Waals surface area (Å²) >= 11 is 12.2. The van der Waals surface area contributed by atoms with Gasteiger partial charge in [-0.1, -0.05) is 78.7 Å². The van der Waals surface area contributed by atoms with Crippen LogP contribution >= 0.6 is 23.2 Å². The van der Waals surface area contributed by atoms with Crippen LogP contribution in [0.4, 0.5) is 0 Å². The number of hydrogen-bond acceptors (Lipinski definition) is 4. The van der Waals surface area contributed by atoms with Gasteiger partial charge < -0.3 is 5.11 Å². The van der Waals surface area contributed by atoms with Crippen molar-refractivity contribution in [3.63, 3.8) is 0 Å². The number of fused-ring (bicyclic) bond motifs is 1. The van der Waals surface area contributed by atoms with E-state index in [0.717, 1.165) is 36.1 Å². The Morgan fingerprint density at radius 1 is 1.02 bits per heavy atom. The molecule has 0 saturated heterocycles. The molecule has 4 aromatic rings. The number of benzene rings is 3. The molecule has 40 heavy (non-hydrogen) atoms. The van der Waals surface area contributed by atoms with Gasteiger partial charge in [-0.3, -0.25) is 14.4 Å². The SMILES string of the molecule is CC[C@@]1(/C(=N\Cc2nn(Cc3ccc(Cl)cc3)c(=O)n2CCC(=O)O)c2ccc(Cl)cc2)CCc2ccccc21. The monoisotopic (exact) mass is 576 g/mol. The van der Waals surface area contributed by atoms with Gasteiger partial charge in [0.25, 0.3) is 0 Å². The molecule has 5 rings (SSSR count). The van der Waals surface area contributed by atoms with E-state index < -0.39 is 5.97 Å². The maximum atomic E-state index is 13.3. The number of rotatable bonds is 10. The standard InChI is InChI=1S/C31H30Cl2N4O3/c1-2-31(17-15-22-5-3-4-6-26(22)31)29(23-9-13-25(33)14-10-23)34-19-27-35-37(20-21-7-11-24(32)12-8-21)30(40)36(27)18-16-28(38)39/h3-14H,2,15-20H2,1H3,(H,38,39)/b34-29-/t31-/m1/s1. The number of hydrogen-bond donors (Lipinski definition) is 1. The molecule has 1 atom stereocenters. The van der Waals surface area contributed by atoms with Crippen molar-refractivity contribution in [3.8, 4) is 0 Å². The van der Waals surface area contributed by atoms with Crippen molar-refractivity contribution in [2.45, 2.75) is 57.7 Å². The van der Waals surface area contributed by atoms with Crippen LogP contribution in [0.1, 0.15) is 54.3 Å². The van der Waals surface area contributed by atoms with Gasteiger partial charge in [0.05, 0.1) is 25.2 Å². The highest BCUT2D eigenvalue weighted by atomic mass is 35.5. The molecule has 1 aliphatic carbocycles. The van der Waals surface area contributed by atoms with Crippen molar-refractivity contribution in [1.29, 1.82) is 0 Å². The second kappa shape index (κ2) is 11.8. The zero-order valence-corrected chi connectivity index (χ0v) is 23.7. The van der Waals surface area contributed by atoms with Crippen molar-refractivity contribution in [2.24, 2.45) is 4.99 Å². The normalized spacial score (nSPS) is 16.7. The molecule has 0 saturated carbocycles. The van der Waals surface area contributed by atoms with Crippen LogP contribution in [0.2, 0.25) is 10.0 Å². The first-order valence-corrected chi connectivity index (χ1v) is 14.1. The molecule has 0 fully saturated rings. The summed E-state index contributed by atoms with van der Waals surface area (Å²) in [7, 11) is 0. The summed E-state index contributed by atoms with van der Waals surface area (Å²) in [6.45, 7) is 2.56. The summed E-state index contributed by atoms with van der Waals surface area (Å²) < 4.78 is 2.78. The van der Waals surface area contributed by atoms with E-state index in [-0.39, 0.29) is 37.2 Å². The number of carboxylic acids is 1. The molecule has 206 valence electrons. The maximum absolute atomic E-state index is 13.3. The number of aliphatic carboxylic acids is 1. The van der Waals surface area contributed by atoms with E-state index in [0.29, 0.717) is 15.9 Å². The Morgan fingerprint density at radius 2 is 1.70 bits per heavy atom. The topological polar surface area (TPSA) is 89.5 Å². The zero-order valence-electron chi connectivity index (χ0n) is 22.2. The Balaban J connectivity index is 1.58. The highest BCUT2D eigenvalue weighted by Gasteiger charge is 2.42.